The van der Waals surface area contributed by atoms with Crippen molar-refractivity contribution in [1.82, 2.24) is 14.6 Å². The van der Waals surface area contributed by atoms with Gasteiger partial charge in [-0.2, -0.15) is 5.10 Å². The predicted molar refractivity (Wildman–Crippen MR) is 120 cm³/mol. The molecule has 2 amide bonds. The molecule has 0 bridgehead atoms. The van der Waals surface area contributed by atoms with Crippen molar-refractivity contribution in [3.05, 3.63) is 83.3 Å². The molecule has 0 saturated carbocycles. The van der Waals surface area contributed by atoms with Gasteiger partial charge in [0, 0.05) is 31.1 Å². The zero-order valence-electron chi connectivity index (χ0n) is 18.3. The van der Waals surface area contributed by atoms with E-state index in [2.05, 4.69) is 15.4 Å². The fourth-order valence-corrected chi connectivity index (χ4v) is 3.78. The summed E-state index contributed by atoms with van der Waals surface area (Å²) in [4.78, 5) is 30.4. The number of aromatic nitrogens is 3. The van der Waals surface area contributed by atoms with Gasteiger partial charge >= 0.3 is 0 Å². The maximum atomic E-state index is 15.1. The van der Waals surface area contributed by atoms with Gasteiger partial charge in [-0.3, -0.25) is 14.5 Å². The van der Waals surface area contributed by atoms with Gasteiger partial charge in [-0.25, -0.2) is 18.3 Å². The Morgan fingerprint density at radius 1 is 1.06 bits per heavy atom. The van der Waals surface area contributed by atoms with E-state index in [1.165, 1.54) is 54.2 Å². The number of amides is 2. The number of nitrogens with zero attached hydrogens (tertiary/aromatic N) is 4. The number of carbonyl (C=O) groups is 2. The number of nitrogens with one attached hydrogen (secondary N) is 1. The third-order valence-electron chi connectivity index (χ3n) is 5.31. The van der Waals surface area contributed by atoms with E-state index in [1.807, 2.05) is 0 Å². The molecule has 168 valence electrons. The van der Waals surface area contributed by atoms with Gasteiger partial charge in [0.2, 0.25) is 11.8 Å². The van der Waals surface area contributed by atoms with Crippen LogP contribution in [-0.2, 0) is 16.0 Å². The molecule has 0 atom stereocenters. The number of rotatable bonds is 5. The molecule has 1 aromatic carbocycles. The van der Waals surface area contributed by atoms with E-state index in [0.29, 0.717) is 16.8 Å². The van der Waals surface area contributed by atoms with Crippen molar-refractivity contribution < 1.29 is 18.4 Å². The molecule has 1 N–H and O–H groups in total. The number of hydrogen-bond acceptors (Lipinski definition) is 4. The molecule has 9 heteroatoms. The highest BCUT2D eigenvalue weighted by molar-refractivity contribution is 6.00. The van der Waals surface area contributed by atoms with Gasteiger partial charge in [0.15, 0.2) is 5.82 Å². The number of fused-ring (bicyclic) bond motifs is 1. The molecular weight excluding hydrogens is 428 g/mol. The predicted octanol–water partition coefficient (Wildman–Crippen LogP) is 4.49. The molecule has 0 aliphatic rings. The van der Waals surface area contributed by atoms with Gasteiger partial charge in [0.1, 0.15) is 17.2 Å². The van der Waals surface area contributed by atoms with Crippen molar-refractivity contribution in [2.75, 3.05) is 10.2 Å². The summed E-state index contributed by atoms with van der Waals surface area (Å²) in [5.74, 6) is -1.59. The zero-order valence-corrected chi connectivity index (χ0v) is 18.3. The van der Waals surface area contributed by atoms with Crippen LogP contribution in [0, 0.1) is 25.5 Å². The number of anilines is 3. The van der Waals surface area contributed by atoms with Crippen LogP contribution in [0.15, 0.2) is 55.0 Å². The van der Waals surface area contributed by atoms with Crippen LogP contribution >= 0.6 is 0 Å². The van der Waals surface area contributed by atoms with E-state index in [1.54, 1.807) is 26.1 Å². The number of pyridine rings is 2. The van der Waals surface area contributed by atoms with Crippen LogP contribution in [0.4, 0.5) is 26.0 Å². The van der Waals surface area contributed by atoms with Crippen LogP contribution in [0.2, 0.25) is 0 Å². The highest BCUT2D eigenvalue weighted by Crippen LogP contribution is 2.30. The third kappa shape index (κ3) is 4.43. The van der Waals surface area contributed by atoms with E-state index >= 15 is 4.39 Å². The summed E-state index contributed by atoms with van der Waals surface area (Å²) in [5, 5.41) is 6.75. The molecule has 0 spiro atoms. The Balaban J connectivity index is 1.61. The molecule has 4 aromatic rings. The first-order valence-electron chi connectivity index (χ1n) is 10.2. The molecular formula is C24H21F2N5O2. The van der Waals surface area contributed by atoms with Crippen molar-refractivity contribution in [2.24, 2.45) is 0 Å². The molecule has 33 heavy (non-hydrogen) atoms. The summed E-state index contributed by atoms with van der Waals surface area (Å²) in [6.07, 6.45) is 4.48. The van der Waals surface area contributed by atoms with E-state index < -0.39 is 11.7 Å². The first kappa shape index (κ1) is 22.1. The van der Waals surface area contributed by atoms with E-state index in [9.17, 15) is 14.0 Å². The zero-order chi connectivity index (χ0) is 23.7. The number of hydrogen-bond donors (Lipinski definition) is 1. The lowest BCUT2D eigenvalue weighted by atomic mass is 9.99. The van der Waals surface area contributed by atoms with Gasteiger partial charge in [-0.05, 0) is 60.9 Å². The Bertz CT molecular complexity index is 1360. The lowest BCUT2D eigenvalue weighted by Gasteiger charge is -2.21. The monoisotopic (exact) mass is 449 g/mol. The van der Waals surface area contributed by atoms with Gasteiger partial charge < -0.3 is 5.32 Å². The molecule has 0 aliphatic carbocycles. The number of aryl methyl sites for hydroxylation is 2. The normalized spacial score (nSPS) is 10.9. The van der Waals surface area contributed by atoms with Gasteiger partial charge in [0.25, 0.3) is 0 Å². The summed E-state index contributed by atoms with van der Waals surface area (Å²) in [7, 11) is 0. The summed E-state index contributed by atoms with van der Waals surface area (Å²) in [5.41, 5.74) is 2.74. The first-order valence-corrected chi connectivity index (χ1v) is 10.2. The smallest absolute Gasteiger partial charge is 0.229 e. The second-order valence-corrected chi connectivity index (χ2v) is 7.68. The molecule has 0 radical (unpaired) electrons. The van der Waals surface area contributed by atoms with Crippen LogP contribution in [0.25, 0.3) is 5.52 Å². The van der Waals surface area contributed by atoms with Crippen LogP contribution in [0.3, 0.4) is 0 Å². The Morgan fingerprint density at radius 2 is 1.79 bits per heavy atom. The maximum Gasteiger partial charge on any atom is 0.229 e. The standard InChI is InChI=1S/C24H21F2N5O2/c1-14-10-17(25)11-15(2)19(14)13-23(33)29-18-4-7-27-22(12-18)31(16(3)32)21-6-9-30-20(24(21)26)5-8-28-30/h4-12H,13H2,1-3H3,(H,27,29,33). The quantitative estimate of drug-likeness (QED) is 0.487. The minimum Gasteiger partial charge on any atom is -0.326 e. The topological polar surface area (TPSA) is 79.6 Å². The molecule has 0 saturated heterocycles. The number of halogens is 2. The number of benzene rings is 1. The molecule has 0 aliphatic heterocycles. The SMILES string of the molecule is CC(=O)N(c1cc(NC(=O)Cc2c(C)cc(F)cc2C)ccn1)c1ccn2nccc2c1F. The van der Waals surface area contributed by atoms with Crippen LogP contribution in [-0.4, -0.2) is 26.4 Å². The van der Waals surface area contributed by atoms with E-state index in [-0.39, 0.29) is 35.2 Å². The van der Waals surface area contributed by atoms with Gasteiger partial charge in [-0.1, -0.05) is 0 Å². The van der Waals surface area contributed by atoms with Crippen molar-refractivity contribution in [3.63, 3.8) is 0 Å². The van der Waals surface area contributed by atoms with Crippen LogP contribution < -0.4 is 10.2 Å². The Hall–Kier alpha value is -4.14. The average molecular weight is 449 g/mol. The Kier molecular flexibility index (Phi) is 5.87. The Labute approximate surface area is 188 Å². The maximum absolute atomic E-state index is 15.1. The number of carbonyl (C=O) groups excluding carboxylic acids is 2. The van der Waals surface area contributed by atoms with Crippen LogP contribution in [0.5, 0.6) is 0 Å². The molecule has 4 rings (SSSR count). The third-order valence-corrected chi connectivity index (χ3v) is 5.31. The van der Waals surface area contributed by atoms with Crippen LogP contribution in [0.1, 0.15) is 23.6 Å². The lowest BCUT2D eigenvalue weighted by molar-refractivity contribution is -0.116. The first-order chi connectivity index (χ1) is 15.7. The molecule has 0 unspecified atom stereocenters. The minimum absolute atomic E-state index is 0.0176. The minimum atomic E-state index is -0.622. The highest BCUT2D eigenvalue weighted by atomic mass is 19.1. The van der Waals surface area contributed by atoms with Crippen molar-refractivity contribution in [1.29, 1.82) is 0 Å². The fourth-order valence-electron chi connectivity index (χ4n) is 3.78. The van der Waals surface area contributed by atoms with Crippen molar-refractivity contribution >= 4 is 34.5 Å². The largest absolute Gasteiger partial charge is 0.326 e. The van der Waals surface area contributed by atoms with E-state index in [4.69, 9.17) is 0 Å². The van der Waals surface area contributed by atoms with Gasteiger partial charge in [0.05, 0.1) is 18.3 Å². The van der Waals surface area contributed by atoms with Crippen molar-refractivity contribution in [3.8, 4) is 0 Å². The Morgan fingerprint density at radius 3 is 2.48 bits per heavy atom. The summed E-state index contributed by atoms with van der Waals surface area (Å²) in [6, 6.07) is 8.77. The van der Waals surface area contributed by atoms with Crippen molar-refractivity contribution in [2.45, 2.75) is 27.2 Å². The van der Waals surface area contributed by atoms with E-state index in [0.717, 1.165) is 10.5 Å². The second kappa shape index (κ2) is 8.78. The molecule has 7 nitrogen and oxygen atoms in total. The molecule has 3 heterocycles. The second-order valence-electron chi connectivity index (χ2n) is 7.68. The summed E-state index contributed by atoms with van der Waals surface area (Å²) >= 11 is 0. The molecule has 0 fully saturated rings. The molecule has 3 aromatic heterocycles. The summed E-state index contributed by atoms with van der Waals surface area (Å²) in [6.45, 7) is 4.80. The lowest BCUT2D eigenvalue weighted by Crippen LogP contribution is -2.25. The van der Waals surface area contributed by atoms with Gasteiger partial charge in [-0.15, -0.1) is 0 Å². The fraction of sp³-hybridized carbons (Fsp3) is 0.167. The summed E-state index contributed by atoms with van der Waals surface area (Å²) < 4.78 is 30.0. The average Bonchev–Trinajstić information content (AvgIpc) is 3.22. The highest BCUT2D eigenvalue weighted by Gasteiger charge is 2.22.